The molecular formula is C77H90N24O11. The molecule has 0 radical (unpaired) electrons. The van der Waals surface area contributed by atoms with Crippen LogP contribution in [-0.4, -0.2) is 176 Å². The van der Waals surface area contributed by atoms with Gasteiger partial charge in [0.2, 0.25) is 41.5 Å². The second-order valence-corrected chi connectivity index (χ2v) is 26.8. The number of ketones is 1. The Morgan fingerprint density at radius 2 is 0.804 bits per heavy atom. The lowest BCUT2D eigenvalue weighted by atomic mass is 10.1. The summed E-state index contributed by atoms with van der Waals surface area (Å²) in [5.74, 6) is -1.68. The Hall–Kier alpha value is -13.2. The van der Waals surface area contributed by atoms with Gasteiger partial charge in [0.15, 0.2) is 5.78 Å². The number of rotatable bonds is 31. The number of imidazole rings is 4. The number of aryl methyl sites for hydroxylation is 10. The van der Waals surface area contributed by atoms with Crippen molar-refractivity contribution in [3.63, 3.8) is 0 Å². The normalized spacial score (nSPS) is 12.4. The van der Waals surface area contributed by atoms with Crippen LogP contribution in [0.5, 0.6) is 11.5 Å². The molecule has 0 spiro atoms. The van der Waals surface area contributed by atoms with Crippen molar-refractivity contribution in [1.82, 2.24) is 82.2 Å². The van der Waals surface area contributed by atoms with E-state index in [1.54, 1.807) is 102 Å². The van der Waals surface area contributed by atoms with Crippen molar-refractivity contribution in [2.24, 2.45) is 17.2 Å². The molecule has 1 aliphatic heterocycles. The molecule has 35 nitrogen and oxygen atoms in total. The molecular weight excluding hydrogens is 1440 g/mol. The lowest BCUT2D eigenvalue weighted by Crippen LogP contribution is -2.37. The second-order valence-electron chi connectivity index (χ2n) is 26.8. The largest absolute Gasteiger partial charge is 0.494 e. The maximum absolute atomic E-state index is 13.8. The fourth-order valence-corrected chi connectivity index (χ4v) is 13.6. The number of Topliss-reactive ketones (excluding diaryl/α,β-unsaturated/α-hetero) is 1. The first kappa shape index (κ1) is 78.4. The van der Waals surface area contributed by atoms with E-state index in [0.29, 0.717) is 190 Å². The Labute approximate surface area is 642 Å². The molecule has 8 aromatic heterocycles. The van der Waals surface area contributed by atoms with E-state index in [1.807, 2.05) is 81.2 Å². The van der Waals surface area contributed by atoms with Gasteiger partial charge < -0.3 is 49.7 Å². The van der Waals surface area contributed by atoms with Crippen molar-refractivity contribution >= 4 is 115 Å². The quantitative estimate of drug-likeness (QED) is 0.0122. The third-order valence-corrected chi connectivity index (χ3v) is 19.0. The summed E-state index contributed by atoms with van der Waals surface area (Å²) in [6, 6.07) is 23.3. The van der Waals surface area contributed by atoms with Crippen molar-refractivity contribution in [3.05, 3.63) is 165 Å². The minimum Gasteiger partial charge on any atom is -0.494 e. The number of fused-ring (bicyclic) bond motifs is 4. The number of nitrogens with two attached hydrogens (primary N) is 3. The summed E-state index contributed by atoms with van der Waals surface area (Å²) in [5, 5.41) is 29.4. The Balaban J connectivity index is 0.000000213. The highest BCUT2D eigenvalue weighted by molar-refractivity contribution is 6.07. The lowest BCUT2D eigenvalue weighted by Gasteiger charge is -2.26. The van der Waals surface area contributed by atoms with Crippen LogP contribution in [0.4, 0.5) is 23.8 Å². The number of anilines is 4. The zero-order valence-corrected chi connectivity index (χ0v) is 64.1. The molecule has 0 atom stereocenters. The van der Waals surface area contributed by atoms with E-state index in [2.05, 4.69) is 56.5 Å². The maximum atomic E-state index is 13.8. The summed E-state index contributed by atoms with van der Waals surface area (Å²) in [7, 11) is 1.47. The van der Waals surface area contributed by atoms with Crippen LogP contribution >= 0.6 is 0 Å². The monoisotopic (exact) mass is 1530 g/mol. The van der Waals surface area contributed by atoms with Crippen LogP contribution in [-0.2, 0) is 57.1 Å². The van der Waals surface area contributed by atoms with Crippen LogP contribution in [0, 0.1) is 27.7 Å². The van der Waals surface area contributed by atoms with Gasteiger partial charge in [-0.25, -0.2) is 19.9 Å². The average molecular weight is 1530 g/mol. The van der Waals surface area contributed by atoms with Crippen LogP contribution in [0.2, 0.25) is 0 Å². The number of hydrogen-bond acceptors (Lipinski definition) is 20. The molecule has 0 saturated carbocycles. The van der Waals surface area contributed by atoms with Crippen molar-refractivity contribution < 1.29 is 52.6 Å². The number of benzene rings is 4. The number of ether oxygens (including phenoxy) is 3. The maximum Gasteiger partial charge on any atom is 0.276 e. The Bertz CT molecular complexity index is 5490. The highest BCUT2D eigenvalue weighted by Gasteiger charge is 2.27. The number of carbonyl (C=O) groups excluding carboxylic acids is 8. The van der Waals surface area contributed by atoms with Gasteiger partial charge >= 0.3 is 0 Å². The number of nitrogens with one attached hydrogen (secondary N) is 4. The molecule has 0 unspecified atom stereocenters. The molecule has 0 aliphatic carbocycles. The molecule has 10 N–H and O–H groups in total. The zero-order chi connectivity index (χ0) is 79.8. The van der Waals surface area contributed by atoms with E-state index >= 15 is 0 Å². The van der Waals surface area contributed by atoms with E-state index in [4.69, 9.17) is 41.4 Å². The van der Waals surface area contributed by atoms with E-state index in [9.17, 15) is 38.4 Å². The molecule has 7 amide bonds. The Kier molecular flexibility index (Phi) is 23.9. The smallest absolute Gasteiger partial charge is 0.276 e. The molecule has 13 rings (SSSR count). The summed E-state index contributed by atoms with van der Waals surface area (Å²) in [6.07, 6.45) is 5.76. The van der Waals surface area contributed by atoms with E-state index in [0.717, 1.165) is 37.4 Å². The molecule has 1 aliphatic rings. The molecule has 4 aromatic carbocycles. The Morgan fingerprint density at radius 3 is 1.18 bits per heavy atom. The van der Waals surface area contributed by atoms with Crippen LogP contribution < -0.4 is 47.9 Å². The van der Waals surface area contributed by atoms with E-state index < -0.39 is 29.5 Å². The van der Waals surface area contributed by atoms with Crippen molar-refractivity contribution in [2.45, 2.75) is 134 Å². The van der Waals surface area contributed by atoms with Gasteiger partial charge in [-0.15, -0.1) is 0 Å². The van der Waals surface area contributed by atoms with Gasteiger partial charge in [0.05, 0.1) is 82.8 Å². The predicted octanol–water partition coefficient (Wildman–Crippen LogP) is 8.23. The summed E-state index contributed by atoms with van der Waals surface area (Å²) in [5.41, 5.74) is 26.7. The number of hydrogen-bond donors (Lipinski definition) is 7. The number of allylic oxidation sites excluding steroid dienone is 2. The van der Waals surface area contributed by atoms with Gasteiger partial charge in [0.25, 0.3) is 23.6 Å². The number of amides is 7. The third kappa shape index (κ3) is 17.1. The van der Waals surface area contributed by atoms with Crippen molar-refractivity contribution in [1.29, 1.82) is 0 Å². The molecule has 1 saturated heterocycles. The van der Waals surface area contributed by atoms with E-state index in [1.165, 1.54) is 20.1 Å². The number of nitrogens with zero attached hydrogens (tertiary/aromatic N) is 17. The van der Waals surface area contributed by atoms with Crippen molar-refractivity contribution in [3.8, 4) is 11.5 Å². The molecule has 35 heteroatoms. The standard InChI is InChI=1S/C43H52N12O7.C34H38N12O4/c1-7-54-33(20-26(3)49-54)40(58)47-42-46-32-23-30(39(44)57)25-35(60-6)37(32)52(42)13-9-10-14-53-38-31(45-43(53)48-41(59)34-21-27(4)50-55(34)8-2)22-29(28(5)56)24-36(38)62-17-11-12-51-15-18-61-19-16-51;1-5-45-27(15-19(3)41-45)31(49)39-33-37-23-17-21(29(35)47)9-11-25(23)43(33)13-7-8-14-44-26-12-10-22(30(36)48)18-24(26)38-34(44)40-32(50)28-16-20(4)42-46(28)6-2/h9-10,20-25H,7-8,11-19H2,1-6H3,(H2,44,57)(H,45,48,59)(H,46,47,58);9-12,15-18H,5-8,13-14H2,1-4H3,(H2,35,47)(H2,36,48)(H,37,39,49)(H,38,40,50)/b10-9+;. The molecule has 1 fully saturated rings. The topological polar surface area (TPSA) is 436 Å². The number of morpholine rings is 1. The SMILES string of the molecule is CCn1nc(C)cc1C(=O)Nc1nc2cc(C(N)=O)cc(OC)c2n1C/C=C/Cn1c(NC(=O)c2cc(C)nn2CC)nc2cc(C(C)=O)cc(OCCCN3CCOCC3)c21.CCn1nc(C)cc1C(=O)Nc1nc2cc(C(N)=O)ccc2n1CCCCn1c(NC(=O)c2cc(C)nn2CC)nc2cc(C(N)=O)ccc21. The number of aromatic nitrogens is 16. The minimum atomic E-state index is -0.659. The van der Waals surface area contributed by atoms with E-state index in [-0.39, 0.29) is 48.1 Å². The van der Waals surface area contributed by atoms with Crippen molar-refractivity contribution in [2.75, 3.05) is 67.8 Å². The molecule has 12 aromatic rings. The highest BCUT2D eigenvalue weighted by Crippen LogP contribution is 2.35. The first-order chi connectivity index (χ1) is 53.8. The van der Waals surface area contributed by atoms with Gasteiger partial charge in [-0.2, -0.15) is 20.4 Å². The van der Waals surface area contributed by atoms with Crippen LogP contribution in [0.3, 0.4) is 0 Å². The molecule has 0 bridgehead atoms. The van der Waals surface area contributed by atoms with Crippen LogP contribution in [0.1, 0.15) is 160 Å². The summed E-state index contributed by atoms with van der Waals surface area (Å²) < 4.78 is 31.5. The fourth-order valence-electron chi connectivity index (χ4n) is 13.6. The molecule has 9 heterocycles. The van der Waals surface area contributed by atoms with Gasteiger partial charge in [-0.3, -0.25) is 83.3 Å². The number of carbonyl (C=O) groups is 8. The van der Waals surface area contributed by atoms with Crippen LogP contribution in [0.15, 0.2) is 97.1 Å². The van der Waals surface area contributed by atoms with Gasteiger partial charge in [0.1, 0.15) is 45.3 Å². The number of primary amides is 3. The lowest BCUT2D eigenvalue weighted by molar-refractivity contribution is 0.0358. The highest BCUT2D eigenvalue weighted by atomic mass is 16.5. The first-order valence-electron chi connectivity index (χ1n) is 36.9. The number of unbranched alkanes of at least 4 members (excludes halogenated alkanes) is 1. The molecule has 112 heavy (non-hydrogen) atoms. The zero-order valence-electron chi connectivity index (χ0n) is 64.1. The second kappa shape index (κ2) is 34.2. The molecule has 584 valence electrons. The Morgan fingerprint density at radius 1 is 0.446 bits per heavy atom. The van der Waals surface area contributed by atoms with Gasteiger partial charge in [0, 0.05) is 94.2 Å². The number of methoxy groups -OCH3 is 1. The summed E-state index contributed by atoms with van der Waals surface area (Å²) in [6.45, 7) is 24.0. The van der Waals surface area contributed by atoms with Gasteiger partial charge in [-0.05, 0) is 167 Å². The van der Waals surface area contributed by atoms with Gasteiger partial charge in [-0.1, -0.05) is 12.2 Å². The first-order valence-corrected chi connectivity index (χ1v) is 36.9. The third-order valence-electron chi connectivity index (χ3n) is 19.0. The minimum absolute atomic E-state index is 0.157. The average Bonchev–Trinajstić information content (AvgIpc) is 1.62. The fraction of sp³-hybridized carbons (Fsp3) is 0.351. The van der Waals surface area contributed by atoms with Crippen LogP contribution in [0.25, 0.3) is 44.1 Å². The predicted molar refractivity (Wildman–Crippen MR) is 419 cm³/mol. The summed E-state index contributed by atoms with van der Waals surface area (Å²) >= 11 is 0. The summed E-state index contributed by atoms with van der Waals surface area (Å²) in [4.78, 5) is 124.